The summed E-state index contributed by atoms with van der Waals surface area (Å²) in [6.07, 6.45) is 1.34. The molecule has 0 fully saturated rings. The van der Waals surface area contributed by atoms with Crippen LogP contribution in [0, 0.1) is 0 Å². The summed E-state index contributed by atoms with van der Waals surface area (Å²) in [7, 11) is 1.49. The van der Waals surface area contributed by atoms with Gasteiger partial charge in [-0.25, -0.2) is 8.42 Å². The van der Waals surface area contributed by atoms with Gasteiger partial charge in [0.15, 0.2) is 5.82 Å². The number of nitrogens with one attached hydrogen (secondary N) is 1. The molecular weight excluding hydrogens is 314 g/mol. The maximum absolute atomic E-state index is 12.3. The monoisotopic (exact) mass is 329 g/mol. The number of sulfonamides is 1. The largest absolute Gasteiger partial charge is 0.381 e. The maximum Gasteiger partial charge on any atom is 0.267 e. The second-order valence-corrected chi connectivity index (χ2v) is 6.78. The van der Waals surface area contributed by atoms with Gasteiger partial charge in [-0.2, -0.15) is 5.10 Å². The zero-order valence-corrected chi connectivity index (χ0v) is 13.4. The Kier molecular flexibility index (Phi) is 4.02. The van der Waals surface area contributed by atoms with Gasteiger partial charge in [-0.1, -0.05) is 11.6 Å². The number of nitrogen functional groups attached to an aromatic ring is 1. The van der Waals surface area contributed by atoms with Crippen molar-refractivity contribution in [2.75, 3.05) is 29.5 Å². The summed E-state index contributed by atoms with van der Waals surface area (Å²) in [6.45, 7) is 0. The van der Waals surface area contributed by atoms with Gasteiger partial charge in [0.05, 0.1) is 16.4 Å². The molecule has 1 aromatic carbocycles. The van der Waals surface area contributed by atoms with E-state index in [1.807, 2.05) is 19.0 Å². The molecule has 0 spiro atoms. The van der Waals surface area contributed by atoms with Crippen LogP contribution in [0.5, 0.6) is 0 Å². The number of hydrogen-bond acceptors (Lipinski definition) is 5. The summed E-state index contributed by atoms with van der Waals surface area (Å²) in [6, 6.07) is 4.90. The summed E-state index contributed by atoms with van der Waals surface area (Å²) in [4.78, 5) is 1.76. The molecule has 0 atom stereocenters. The Labute approximate surface area is 128 Å². The quantitative estimate of drug-likeness (QED) is 0.887. The van der Waals surface area contributed by atoms with E-state index >= 15 is 0 Å². The number of anilines is 3. The van der Waals surface area contributed by atoms with E-state index < -0.39 is 10.0 Å². The number of halogens is 1. The molecule has 0 saturated carbocycles. The molecule has 2 aromatic rings. The molecule has 114 valence electrons. The first kappa shape index (κ1) is 15.5. The van der Waals surface area contributed by atoms with Gasteiger partial charge in [0.2, 0.25) is 0 Å². The van der Waals surface area contributed by atoms with Crippen LogP contribution in [0.2, 0.25) is 5.02 Å². The molecule has 0 radical (unpaired) electrons. The lowest BCUT2D eigenvalue weighted by Gasteiger charge is -2.15. The van der Waals surface area contributed by atoms with E-state index in [1.54, 1.807) is 25.2 Å². The highest BCUT2D eigenvalue weighted by atomic mass is 35.5. The first-order valence-corrected chi connectivity index (χ1v) is 7.85. The lowest BCUT2D eigenvalue weighted by atomic mass is 10.3. The van der Waals surface area contributed by atoms with Crippen molar-refractivity contribution in [1.29, 1.82) is 0 Å². The highest BCUT2D eigenvalue weighted by molar-refractivity contribution is 7.92. The first-order valence-electron chi connectivity index (χ1n) is 5.99. The van der Waals surface area contributed by atoms with Crippen molar-refractivity contribution >= 4 is 38.8 Å². The molecule has 7 nitrogen and oxygen atoms in total. The van der Waals surface area contributed by atoms with Gasteiger partial charge in [-0.15, -0.1) is 0 Å². The van der Waals surface area contributed by atoms with Crippen LogP contribution in [0.1, 0.15) is 0 Å². The molecular formula is C12H16ClN5O2S. The lowest BCUT2D eigenvalue weighted by molar-refractivity contribution is 0.601. The fraction of sp³-hybridized carbons (Fsp3) is 0.250. The van der Waals surface area contributed by atoms with Crippen LogP contribution in [-0.2, 0) is 17.1 Å². The lowest BCUT2D eigenvalue weighted by Crippen LogP contribution is -2.14. The van der Waals surface area contributed by atoms with Crippen molar-refractivity contribution in [3.8, 4) is 0 Å². The molecule has 0 aliphatic heterocycles. The van der Waals surface area contributed by atoms with Gasteiger partial charge in [0, 0.05) is 27.3 Å². The molecule has 9 heteroatoms. The SMILES string of the molecule is CN(C)c1ccc(NS(=O)(=O)c2cn(C)nc2N)cc1Cl. The van der Waals surface area contributed by atoms with Crippen LogP contribution in [-0.4, -0.2) is 32.3 Å². The zero-order valence-electron chi connectivity index (χ0n) is 11.8. The molecule has 0 unspecified atom stereocenters. The van der Waals surface area contributed by atoms with Crippen LogP contribution in [0.25, 0.3) is 0 Å². The highest BCUT2D eigenvalue weighted by Gasteiger charge is 2.21. The Balaban J connectivity index is 2.33. The maximum atomic E-state index is 12.3. The van der Waals surface area contributed by atoms with E-state index in [4.69, 9.17) is 17.3 Å². The third kappa shape index (κ3) is 3.22. The van der Waals surface area contributed by atoms with Crippen LogP contribution < -0.4 is 15.4 Å². The van der Waals surface area contributed by atoms with Crippen LogP contribution in [0.15, 0.2) is 29.3 Å². The van der Waals surface area contributed by atoms with Crippen LogP contribution in [0.3, 0.4) is 0 Å². The number of aromatic nitrogens is 2. The van der Waals surface area contributed by atoms with Crippen molar-refractivity contribution in [3.63, 3.8) is 0 Å². The predicted octanol–water partition coefficient (Wildman–Crippen LogP) is 1.52. The average molecular weight is 330 g/mol. The molecule has 1 aromatic heterocycles. The third-order valence-electron chi connectivity index (χ3n) is 2.79. The number of nitrogens with two attached hydrogens (primary N) is 1. The van der Waals surface area contributed by atoms with E-state index in [1.165, 1.54) is 10.9 Å². The van der Waals surface area contributed by atoms with Crippen molar-refractivity contribution < 1.29 is 8.42 Å². The van der Waals surface area contributed by atoms with E-state index in [0.717, 1.165) is 5.69 Å². The number of nitrogens with zero attached hydrogens (tertiary/aromatic N) is 3. The second kappa shape index (κ2) is 5.45. The number of aryl methyl sites for hydroxylation is 1. The summed E-state index contributed by atoms with van der Waals surface area (Å²) in [5.41, 5.74) is 6.74. The van der Waals surface area contributed by atoms with E-state index in [9.17, 15) is 8.42 Å². The molecule has 3 N–H and O–H groups in total. The van der Waals surface area contributed by atoms with Gasteiger partial charge in [0.25, 0.3) is 10.0 Å². The first-order chi connectivity index (χ1) is 9.70. The standard InChI is InChI=1S/C12H16ClN5O2S/c1-17(2)10-5-4-8(6-9(10)13)16-21(19,20)11-7-18(3)15-12(11)14/h4-7,16H,1-3H3,(H2,14,15). The topological polar surface area (TPSA) is 93.2 Å². The van der Waals surface area contributed by atoms with Gasteiger partial charge in [0.1, 0.15) is 4.90 Å². The Morgan fingerprint density at radius 1 is 1.38 bits per heavy atom. The summed E-state index contributed by atoms with van der Waals surface area (Å²) >= 11 is 6.12. The summed E-state index contributed by atoms with van der Waals surface area (Å²) < 4.78 is 28.3. The van der Waals surface area contributed by atoms with Gasteiger partial charge in [-0.05, 0) is 18.2 Å². The van der Waals surface area contributed by atoms with Crippen LogP contribution >= 0.6 is 11.6 Å². The minimum atomic E-state index is -3.80. The van der Waals surface area contributed by atoms with Crippen LogP contribution in [0.4, 0.5) is 17.2 Å². The smallest absolute Gasteiger partial charge is 0.267 e. The van der Waals surface area contributed by atoms with Crippen molar-refractivity contribution in [2.45, 2.75) is 4.90 Å². The molecule has 0 aliphatic carbocycles. The molecule has 0 bridgehead atoms. The van der Waals surface area contributed by atoms with Crippen molar-refractivity contribution in [1.82, 2.24) is 9.78 Å². The third-order valence-corrected chi connectivity index (χ3v) is 4.49. The minimum absolute atomic E-state index is 0.0546. The number of rotatable bonds is 4. The Morgan fingerprint density at radius 2 is 2.05 bits per heavy atom. The van der Waals surface area contributed by atoms with E-state index in [0.29, 0.717) is 10.7 Å². The molecule has 21 heavy (non-hydrogen) atoms. The number of hydrogen-bond donors (Lipinski definition) is 2. The molecule has 0 aliphatic rings. The van der Waals surface area contributed by atoms with E-state index in [2.05, 4.69) is 9.82 Å². The highest BCUT2D eigenvalue weighted by Crippen LogP contribution is 2.29. The Bertz CT molecular complexity index is 770. The fourth-order valence-corrected chi connectivity index (χ4v) is 3.34. The summed E-state index contributed by atoms with van der Waals surface area (Å²) in [5, 5.41) is 4.26. The van der Waals surface area contributed by atoms with Crippen molar-refractivity contribution in [2.24, 2.45) is 7.05 Å². The number of benzene rings is 1. The van der Waals surface area contributed by atoms with Gasteiger partial charge >= 0.3 is 0 Å². The Hall–Kier alpha value is -1.93. The molecule has 0 amide bonds. The molecule has 0 saturated heterocycles. The van der Waals surface area contributed by atoms with Gasteiger partial charge < -0.3 is 10.6 Å². The Morgan fingerprint density at radius 3 is 2.52 bits per heavy atom. The second-order valence-electron chi connectivity index (χ2n) is 4.72. The predicted molar refractivity (Wildman–Crippen MR) is 84.2 cm³/mol. The normalized spacial score (nSPS) is 11.4. The van der Waals surface area contributed by atoms with Crippen molar-refractivity contribution in [3.05, 3.63) is 29.4 Å². The minimum Gasteiger partial charge on any atom is -0.381 e. The molecule has 1 heterocycles. The zero-order chi connectivity index (χ0) is 15.8. The van der Waals surface area contributed by atoms with Gasteiger partial charge in [-0.3, -0.25) is 9.40 Å². The van der Waals surface area contributed by atoms with E-state index in [-0.39, 0.29) is 10.7 Å². The average Bonchev–Trinajstić information content (AvgIpc) is 2.68. The summed E-state index contributed by atoms with van der Waals surface area (Å²) in [5.74, 6) is -0.0546. The molecule has 2 rings (SSSR count). The fourth-order valence-electron chi connectivity index (χ4n) is 1.83.